The highest BCUT2D eigenvalue weighted by Gasteiger charge is 2.46. The van der Waals surface area contributed by atoms with Crippen LogP contribution in [-0.4, -0.2) is 57.3 Å². The van der Waals surface area contributed by atoms with Crippen molar-refractivity contribution >= 4 is 28.9 Å². The van der Waals surface area contributed by atoms with Gasteiger partial charge in [0.1, 0.15) is 29.8 Å². The number of aromatic nitrogens is 2. The highest BCUT2D eigenvalue weighted by atomic mass is 16.5. The first-order valence-electron chi connectivity index (χ1n) is 18.8. The molecule has 276 valence electrons. The van der Waals surface area contributed by atoms with Gasteiger partial charge in [0, 0.05) is 11.1 Å². The number of hydrogen-bond donors (Lipinski definition) is 1. The van der Waals surface area contributed by atoms with Crippen molar-refractivity contribution in [3.8, 4) is 11.5 Å². The first-order chi connectivity index (χ1) is 24.0. The fourth-order valence-electron chi connectivity index (χ4n) is 8.39. The van der Waals surface area contributed by atoms with Crippen LogP contribution >= 0.6 is 0 Å². The van der Waals surface area contributed by atoms with Gasteiger partial charge in [-0.3, -0.25) is 4.79 Å². The number of fused-ring (bicyclic) bond motifs is 4. The third-order valence-electron chi connectivity index (χ3n) is 10.2. The van der Waals surface area contributed by atoms with E-state index in [4.69, 9.17) is 24.3 Å². The minimum Gasteiger partial charge on any atom is -0.488 e. The summed E-state index contributed by atoms with van der Waals surface area (Å²) in [7, 11) is 0. The molecule has 10 heteroatoms. The fraction of sp³-hybridized carbons (Fsp3) is 0.610. The Hall–Kier alpha value is -4.08. The number of nitrogens with one attached hydrogen (secondary N) is 1. The predicted molar refractivity (Wildman–Crippen MR) is 201 cm³/mol. The van der Waals surface area contributed by atoms with E-state index in [0.717, 1.165) is 84.2 Å². The lowest BCUT2D eigenvalue weighted by Crippen LogP contribution is -2.40. The number of carbonyl (C=O) groups is 2. The van der Waals surface area contributed by atoms with Crippen LogP contribution in [0.5, 0.6) is 11.5 Å². The first kappa shape index (κ1) is 36.7. The van der Waals surface area contributed by atoms with Crippen LogP contribution in [-0.2, 0) is 14.9 Å². The van der Waals surface area contributed by atoms with Gasteiger partial charge in [-0.15, -0.1) is 5.10 Å². The molecule has 3 aromatic rings. The third kappa shape index (κ3) is 7.75. The maximum atomic E-state index is 13.1. The molecule has 6 rings (SSSR count). The van der Waals surface area contributed by atoms with E-state index < -0.39 is 12.1 Å². The van der Waals surface area contributed by atoms with Crippen LogP contribution in [0.1, 0.15) is 142 Å². The second-order valence-corrected chi connectivity index (χ2v) is 17.4. The molecule has 1 saturated heterocycles. The summed E-state index contributed by atoms with van der Waals surface area (Å²) < 4.78 is 21.9. The maximum Gasteiger partial charge on any atom is 0.325 e. The molecule has 3 aliphatic heterocycles. The van der Waals surface area contributed by atoms with Crippen LogP contribution < -0.4 is 14.8 Å². The van der Waals surface area contributed by atoms with Crippen molar-refractivity contribution in [3.05, 3.63) is 52.8 Å². The summed E-state index contributed by atoms with van der Waals surface area (Å²) in [6, 6.07) is 9.01. The molecule has 3 atom stereocenters. The number of ether oxygens (including phenoxy) is 3. The summed E-state index contributed by atoms with van der Waals surface area (Å²) in [6.07, 6.45) is 6.70. The van der Waals surface area contributed by atoms with Gasteiger partial charge in [-0.2, -0.15) is 0 Å². The van der Waals surface area contributed by atoms with Crippen molar-refractivity contribution in [3.63, 3.8) is 0 Å². The Kier molecular flexibility index (Phi) is 9.94. The third-order valence-corrected chi connectivity index (χ3v) is 10.2. The number of amides is 3. The quantitative estimate of drug-likeness (QED) is 0.149. The van der Waals surface area contributed by atoms with E-state index in [2.05, 4.69) is 79.8 Å². The lowest BCUT2D eigenvalue weighted by molar-refractivity contribution is -0.126. The van der Waals surface area contributed by atoms with Gasteiger partial charge < -0.3 is 19.5 Å². The molecular formula is C41H57N5O5. The zero-order valence-electron chi connectivity index (χ0n) is 32.3. The van der Waals surface area contributed by atoms with Gasteiger partial charge in [0.25, 0.3) is 5.91 Å². The molecule has 51 heavy (non-hydrogen) atoms. The van der Waals surface area contributed by atoms with E-state index in [-0.39, 0.29) is 47.5 Å². The molecule has 2 aromatic carbocycles. The standard InChI is InChI=1S/C41H57N5O5/c1-11-12-13-14-15-27(50-33-19-28-26(3)21-41(9,10)51-32(28)20-29(33)40(7,8)24-39(4,5)6)23-49-37-35(45-34(47)22-42-38(45)48)36-43-30-18-25(2)16-17-31(30)46(36)44-37/h16-20,26-27,35H,11-15,21-24H2,1-10H3,(H,42,48). The largest absolute Gasteiger partial charge is 0.488 e. The smallest absolute Gasteiger partial charge is 0.325 e. The molecule has 3 aliphatic rings. The second kappa shape index (κ2) is 13.8. The Morgan fingerprint density at radius 3 is 2.53 bits per heavy atom. The summed E-state index contributed by atoms with van der Waals surface area (Å²) in [5.74, 6) is 2.50. The van der Waals surface area contributed by atoms with Crippen LogP contribution in [0, 0.1) is 12.3 Å². The Morgan fingerprint density at radius 1 is 1.08 bits per heavy atom. The number of unbranched alkanes of at least 4 members (excludes halogenated alkanes) is 3. The van der Waals surface area contributed by atoms with Gasteiger partial charge in [-0.1, -0.05) is 73.8 Å². The van der Waals surface area contributed by atoms with Gasteiger partial charge in [0.2, 0.25) is 5.90 Å². The van der Waals surface area contributed by atoms with Gasteiger partial charge in [-0.05, 0) is 93.0 Å². The van der Waals surface area contributed by atoms with E-state index in [1.807, 2.05) is 25.1 Å². The van der Waals surface area contributed by atoms with E-state index >= 15 is 0 Å². The monoisotopic (exact) mass is 699 g/mol. The van der Waals surface area contributed by atoms with E-state index in [1.165, 1.54) is 4.90 Å². The van der Waals surface area contributed by atoms with Crippen molar-refractivity contribution in [1.29, 1.82) is 0 Å². The van der Waals surface area contributed by atoms with E-state index in [0.29, 0.717) is 11.7 Å². The minimum atomic E-state index is -0.875. The number of imide groups is 1. The molecule has 0 bridgehead atoms. The van der Waals surface area contributed by atoms with Gasteiger partial charge in [0.05, 0.1) is 17.6 Å². The van der Waals surface area contributed by atoms with Crippen LogP contribution in [0.4, 0.5) is 4.79 Å². The van der Waals surface area contributed by atoms with E-state index in [1.54, 1.807) is 4.68 Å². The number of imidazole rings is 1. The highest BCUT2D eigenvalue weighted by molar-refractivity contribution is 6.06. The van der Waals surface area contributed by atoms with Crippen molar-refractivity contribution in [1.82, 2.24) is 19.9 Å². The Morgan fingerprint density at radius 2 is 1.84 bits per heavy atom. The van der Waals surface area contributed by atoms with Crippen LogP contribution in [0.3, 0.4) is 0 Å². The fourth-order valence-corrected chi connectivity index (χ4v) is 8.39. The topological polar surface area (TPSA) is 107 Å². The van der Waals surface area contributed by atoms with Crippen LogP contribution in [0.15, 0.2) is 35.4 Å². The lowest BCUT2D eigenvalue weighted by atomic mass is 9.71. The molecule has 1 fully saturated rings. The summed E-state index contributed by atoms with van der Waals surface area (Å²) in [6.45, 7) is 22.3. The van der Waals surface area contributed by atoms with Gasteiger partial charge in [-0.25, -0.2) is 19.4 Å². The summed E-state index contributed by atoms with van der Waals surface area (Å²) in [5.41, 5.74) is 4.53. The number of benzene rings is 2. The summed E-state index contributed by atoms with van der Waals surface area (Å²) in [4.78, 5) is 32.1. The average Bonchev–Trinajstić information content (AvgIpc) is 3.65. The SMILES string of the molecule is CCCCCCC(COC1=Nn2c(nc3cc(C)ccc32)C1N1C(=O)CNC1=O)Oc1cc2c(cc1C(C)(C)CC(C)(C)C)OC(C)(C)CC2C. The predicted octanol–water partition coefficient (Wildman–Crippen LogP) is 8.93. The number of aryl methyl sites for hydroxylation is 1. The zero-order chi connectivity index (χ0) is 36.9. The number of rotatable bonds is 12. The summed E-state index contributed by atoms with van der Waals surface area (Å²) >= 11 is 0. The van der Waals surface area contributed by atoms with Crippen LogP contribution in [0.2, 0.25) is 0 Å². The molecular weight excluding hydrogens is 642 g/mol. The molecule has 0 aliphatic carbocycles. The molecule has 10 nitrogen and oxygen atoms in total. The van der Waals surface area contributed by atoms with Crippen molar-refractivity contribution < 1.29 is 23.8 Å². The lowest BCUT2D eigenvalue weighted by Gasteiger charge is -2.39. The molecule has 0 spiro atoms. The van der Waals surface area contributed by atoms with Gasteiger partial charge in [0.15, 0.2) is 11.9 Å². The maximum absolute atomic E-state index is 13.1. The molecule has 0 saturated carbocycles. The molecule has 4 heterocycles. The second-order valence-electron chi connectivity index (χ2n) is 17.4. The molecule has 1 aromatic heterocycles. The number of nitrogens with zero attached hydrogens (tertiary/aromatic N) is 4. The van der Waals surface area contributed by atoms with Crippen LogP contribution in [0.25, 0.3) is 11.0 Å². The molecule has 1 N–H and O–H groups in total. The van der Waals surface area contributed by atoms with E-state index in [9.17, 15) is 9.59 Å². The van der Waals surface area contributed by atoms with Crippen molar-refractivity contribution in [2.45, 2.75) is 143 Å². The number of hydrogen-bond acceptors (Lipinski definition) is 7. The zero-order valence-corrected chi connectivity index (χ0v) is 32.3. The first-order valence-corrected chi connectivity index (χ1v) is 18.8. The molecule has 3 unspecified atom stereocenters. The Labute approximate surface area is 303 Å². The van der Waals surface area contributed by atoms with Gasteiger partial charge >= 0.3 is 6.03 Å². The molecule has 3 amide bonds. The molecule has 0 radical (unpaired) electrons. The Balaban J connectivity index is 1.35. The number of urea groups is 1. The normalized spacial score (nSPS) is 20.5. The minimum absolute atomic E-state index is 0.0735. The summed E-state index contributed by atoms with van der Waals surface area (Å²) in [5, 5.41) is 7.49. The average molecular weight is 700 g/mol. The van der Waals surface area contributed by atoms with Crippen molar-refractivity contribution in [2.24, 2.45) is 10.5 Å². The Bertz CT molecular complexity index is 1820. The highest BCUT2D eigenvalue weighted by Crippen LogP contribution is 2.48. The van der Waals surface area contributed by atoms with Crippen molar-refractivity contribution in [2.75, 3.05) is 13.2 Å². The number of carbonyl (C=O) groups excluding carboxylic acids is 2.